The molecule has 0 bridgehead atoms. The second-order valence-electron chi connectivity index (χ2n) is 5.66. The topological polar surface area (TPSA) is 32.6 Å². The Morgan fingerprint density at radius 1 is 1.29 bits per heavy atom. The SMILES string of the molecule is Oc1ccc(Br)cc1C1C2=CCCCC2=NC2=C1SCC2. The fourth-order valence-corrected chi connectivity index (χ4v) is 5.02. The highest BCUT2D eigenvalue weighted by molar-refractivity contribution is 9.10. The van der Waals surface area contributed by atoms with E-state index in [9.17, 15) is 5.11 Å². The second kappa shape index (κ2) is 5.33. The molecule has 0 spiro atoms. The number of halogens is 1. The molecule has 1 aromatic carbocycles. The number of thioether (sulfide) groups is 1. The summed E-state index contributed by atoms with van der Waals surface area (Å²) in [5, 5.41) is 10.4. The molecule has 0 radical (unpaired) electrons. The van der Waals surface area contributed by atoms with Gasteiger partial charge in [0.25, 0.3) is 0 Å². The van der Waals surface area contributed by atoms with Crippen LogP contribution in [-0.2, 0) is 0 Å². The molecule has 4 rings (SSSR count). The monoisotopic (exact) mass is 361 g/mol. The number of hydrogen-bond acceptors (Lipinski definition) is 3. The smallest absolute Gasteiger partial charge is 0.119 e. The number of allylic oxidation sites excluding steroid dienone is 4. The average Bonchev–Trinajstić information content (AvgIpc) is 2.95. The summed E-state index contributed by atoms with van der Waals surface area (Å²) in [5.74, 6) is 1.67. The molecule has 0 saturated carbocycles. The van der Waals surface area contributed by atoms with Crippen molar-refractivity contribution in [3.63, 3.8) is 0 Å². The fourth-order valence-electron chi connectivity index (χ4n) is 3.39. The van der Waals surface area contributed by atoms with E-state index < -0.39 is 0 Å². The first-order chi connectivity index (χ1) is 10.2. The minimum Gasteiger partial charge on any atom is -0.508 e. The van der Waals surface area contributed by atoms with Crippen LogP contribution in [0.2, 0.25) is 0 Å². The Bertz CT molecular complexity index is 705. The molecule has 21 heavy (non-hydrogen) atoms. The van der Waals surface area contributed by atoms with Crippen LogP contribution >= 0.6 is 27.7 Å². The second-order valence-corrected chi connectivity index (χ2v) is 7.71. The van der Waals surface area contributed by atoms with E-state index in [-0.39, 0.29) is 5.92 Å². The maximum atomic E-state index is 10.4. The van der Waals surface area contributed by atoms with Crippen LogP contribution in [0.1, 0.15) is 37.2 Å². The summed E-state index contributed by atoms with van der Waals surface area (Å²) >= 11 is 5.44. The zero-order valence-corrected chi connectivity index (χ0v) is 14.0. The van der Waals surface area contributed by atoms with E-state index in [1.54, 1.807) is 6.07 Å². The predicted molar refractivity (Wildman–Crippen MR) is 92.0 cm³/mol. The van der Waals surface area contributed by atoms with Crippen molar-refractivity contribution in [1.29, 1.82) is 0 Å². The zero-order valence-electron chi connectivity index (χ0n) is 11.6. The summed E-state index contributed by atoms with van der Waals surface area (Å²) in [6.45, 7) is 0. The van der Waals surface area contributed by atoms with Crippen LogP contribution in [0.3, 0.4) is 0 Å². The number of aromatic hydroxyl groups is 1. The maximum Gasteiger partial charge on any atom is 0.119 e. The first kappa shape index (κ1) is 13.6. The number of fused-ring (bicyclic) bond motifs is 1. The Kier molecular flexibility index (Phi) is 3.46. The molecule has 1 N–H and O–H groups in total. The van der Waals surface area contributed by atoms with Crippen molar-refractivity contribution in [2.45, 2.75) is 31.6 Å². The molecular formula is C17H16BrNOS. The third kappa shape index (κ3) is 2.29. The van der Waals surface area contributed by atoms with Gasteiger partial charge in [-0.05, 0) is 49.5 Å². The summed E-state index contributed by atoms with van der Waals surface area (Å²) < 4.78 is 1.01. The molecule has 1 atom stereocenters. The minimum absolute atomic E-state index is 0.179. The molecule has 0 fully saturated rings. The van der Waals surface area contributed by atoms with E-state index >= 15 is 0 Å². The lowest BCUT2D eigenvalue weighted by molar-refractivity contribution is 0.467. The van der Waals surface area contributed by atoms with Gasteiger partial charge >= 0.3 is 0 Å². The number of nitrogens with zero attached hydrogens (tertiary/aromatic N) is 1. The first-order valence-electron chi connectivity index (χ1n) is 7.36. The highest BCUT2D eigenvalue weighted by Gasteiger charge is 2.35. The predicted octanol–water partition coefficient (Wildman–Crippen LogP) is 5.15. The van der Waals surface area contributed by atoms with Crippen molar-refractivity contribution in [2.75, 3.05) is 5.75 Å². The van der Waals surface area contributed by atoms with E-state index in [1.807, 2.05) is 17.8 Å². The van der Waals surface area contributed by atoms with Crippen LogP contribution in [0, 0.1) is 0 Å². The van der Waals surface area contributed by atoms with Gasteiger partial charge in [-0.2, -0.15) is 0 Å². The summed E-state index contributed by atoms with van der Waals surface area (Å²) in [7, 11) is 0. The molecule has 0 aromatic heterocycles. The van der Waals surface area contributed by atoms with Crippen LogP contribution in [0.5, 0.6) is 5.75 Å². The Balaban J connectivity index is 1.91. The zero-order chi connectivity index (χ0) is 14.4. The van der Waals surface area contributed by atoms with Gasteiger partial charge < -0.3 is 5.11 Å². The maximum absolute atomic E-state index is 10.4. The van der Waals surface area contributed by atoms with E-state index in [0.29, 0.717) is 5.75 Å². The van der Waals surface area contributed by atoms with Gasteiger partial charge in [0.2, 0.25) is 0 Å². The Morgan fingerprint density at radius 2 is 2.19 bits per heavy atom. The lowest BCUT2D eigenvalue weighted by Gasteiger charge is -2.30. The summed E-state index contributed by atoms with van der Waals surface area (Å²) in [4.78, 5) is 6.25. The highest BCUT2D eigenvalue weighted by atomic mass is 79.9. The molecule has 0 amide bonds. The number of phenolic OH excluding ortho intramolecular Hbond substituents is 1. The van der Waals surface area contributed by atoms with E-state index in [0.717, 1.165) is 35.1 Å². The Labute approximate surface area is 137 Å². The number of rotatable bonds is 1. The lowest BCUT2D eigenvalue weighted by atomic mass is 9.80. The van der Waals surface area contributed by atoms with Gasteiger partial charge in [-0.3, -0.25) is 4.99 Å². The summed E-state index contributed by atoms with van der Waals surface area (Å²) in [6, 6.07) is 5.74. The van der Waals surface area contributed by atoms with Gasteiger partial charge in [0.05, 0.1) is 5.70 Å². The van der Waals surface area contributed by atoms with Gasteiger partial charge in [-0.1, -0.05) is 22.0 Å². The van der Waals surface area contributed by atoms with Gasteiger partial charge in [-0.15, -0.1) is 11.8 Å². The van der Waals surface area contributed by atoms with Crippen molar-refractivity contribution in [2.24, 2.45) is 4.99 Å². The number of benzene rings is 1. The van der Waals surface area contributed by atoms with Gasteiger partial charge in [0, 0.05) is 32.3 Å². The standard InChI is InChI=1S/C17H16BrNOS/c18-10-5-6-15(20)12(9-10)16-11-3-1-2-4-13(11)19-14-7-8-21-17(14)16/h3,5-6,9,16,20H,1-2,4,7-8H2. The quantitative estimate of drug-likeness (QED) is 0.749. The molecule has 2 heterocycles. The molecule has 0 saturated heterocycles. The van der Waals surface area contributed by atoms with Crippen LogP contribution in [-0.4, -0.2) is 16.6 Å². The molecule has 108 valence electrons. The molecule has 1 aromatic rings. The third-order valence-corrected chi connectivity index (χ3v) is 6.02. The molecule has 2 aliphatic heterocycles. The number of aliphatic imine (C=N–C) groups is 1. The van der Waals surface area contributed by atoms with Crippen molar-refractivity contribution < 1.29 is 5.11 Å². The highest BCUT2D eigenvalue weighted by Crippen LogP contribution is 2.51. The average molecular weight is 362 g/mol. The van der Waals surface area contributed by atoms with E-state index in [4.69, 9.17) is 4.99 Å². The minimum atomic E-state index is 0.179. The van der Waals surface area contributed by atoms with Gasteiger partial charge in [0.15, 0.2) is 0 Å². The number of hydrogen-bond donors (Lipinski definition) is 1. The Morgan fingerprint density at radius 3 is 3.10 bits per heavy atom. The van der Waals surface area contributed by atoms with Crippen molar-refractivity contribution >= 4 is 33.4 Å². The molecule has 3 aliphatic rings. The van der Waals surface area contributed by atoms with E-state index in [2.05, 4.69) is 28.1 Å². The summed E-state index contributed by atoms with van der Waals surface area (Å²) in [6.07, 6.45) is 6.76. The van der Waals surface area contributed by atoms with Gasteiger partial charge in [0.1, 0.15) is 5.75 Å². The fraction of sp³-hybridized carbons (Fsp3) is 0.353. The van der Waals surface area contributed by atoms with Crippen LogP contribution in [0.15, 0.2) is 49.9 Å². The third-order valence-electron chi connectivity index (χ3n) is 4.34. The molecule has 1 aliphatic carbocycles. The molecule has 2 nitrogen and oxygen atoms in total. The lowest BCUT2D eigenvalue weighted by Crippen LogP contribution is -2.20. The number of phenols is 1. The van der Waals surface area contributed by atoms with Crippen molar-refractivity contribution in [3.8, 4) is 5.75 Å². The van der Waals surface area contributed by atoms with Crippen molar-refractivity contribution in [1.82, 2.24) is 0 Å². The molecular weight excluding hydrogens is 346 g/mol. The summed E-state index contributed by atoms with van der Waals surface area (Å²) in [5.41, 5.74) is 4.82. The van der Waals surface area contributed by atoms with Crippen LogP contribution in [0.25, 0.3) is 0 Å². The molecule has 1 unspecified atom stereocenters. The normalized spacial score (nSPS) is 24.3. The molecule has 4 heteroatoms. The van der Waals surface area contributed by atoms with Crippen LogP contribution < -0.4 is 0 Å². The van der Waals surface area contributed by atoms with Crippen molar-refractivity contribution in [3.05, 3.63) is 50.5 Å². The van der Waals surface area contributed by atoms with Gasteiger partial charge in [-0.25, -0.2) is 0 Å². The van der Waals surface area contributed by atoms with E-state index in [1.165, 1.54) is 28.3 Å². The Hall–Kier alpha value is -1.00. The van der Waals surface area contributed by atoms with Crippen LogP contribution in [0.4, 0.5) is 0 Å². The largest absolute Gasteiger partial charge is 0.508 e. The first-order valence-corrected chi connectivity index (χ1v) is 9.14.